The second-order valence-corrected chi connectivity index (χ2v) is 5.64. The summed E-state index contributed by atoms with van der Waals surface area (Å²) in [7, 11) is 1.66. The van der Waals surface area contributed by atoms with Crippen LogP contribution in [0, 0.1) is 6.92 Å². The largest absolute Gasteiger partial charge is 0.497 e. The number of fused-ring (bicyclic) bond motifs is 1. The number of ether oxygens (including phenoxy) is 2. The fraction of sp³-hybridized carbons (Fsp3) is 0.176. The first kappa shape index (κ1) is 13.0. The van der Waals surface area contributed by atoms with Gasteiger partial charge >= 0.3 is 0 Å². The van der Waals surface area contributed by atoms with Gasteiger partial charge in [0.2, 0.25) is 0 Å². The fourth-order valence-electron chi connectivity index (χ4n) is 2.15. The molecule has 2 aromatic carbocycles. The van der Waals surface area contributed by atoms with Crippen molar-refractivity contribution in [2.75, 3.05) is 7.11 Å². The van der Waals surface area contributed by atoms with Crippen LogP contribution in [-0.2, 0) is 6.61 Å². The molecule has 0 spiro atoms. The highest BCUT2D eigenvalue weighted by Crippen LogP contribution is 2.28. The quantitative estimate of drug-likeness (QED) is 0.685. The van der Waals surface area contributed by atoms with E-state index in [1.807, 2.05) is 24.3 Å². The van der Waals surface area contributed by atoms with Gasteiger partial charge in [0, 0.05) is 16.3 Å². The molecule has 0 unspecified atom stereocenters. The first-order valence-electron chi connectivity index (χ1n) is 6.50. The van der Waals surface area contributed by atoms with Gasteiger partial charge in [-0.05, 0) is 41.5 Å². The smallest absolute Gasteiger partial charge is 0.123 e. The molecule has 3 aromatic rings. The normalized spacial score (nSPS) is 10.7. The maximum atomic E-state index is 5.86. The third-order valence-electron chi connectivity index (χ3n) is 3.25. The SMILES string of the molecule is COc1cccc(OCc2csc3cc(C)ccc23)c1. The third-order valence-corrected chi connectivity index (χ3v) is 4.24. The zero-order valence-corrected chi connectivity index (χ0v) is 12.4. The lowest BCUT2D eigenvalue weighted by Gasteiger charge is -2.07. The van der Waals surface area contributed by atoms with Crippen molar-refractivity contribution < 1.29 is 9.47 Å². The molecular formula is C17H16O2S. The molecule has 0 fully saturated rings. The zero-order valence-electron chi connectivity index (χ0n) is 11.6. The van der Waals surface area contributed by atoms with E-state index in [1.165, 1.54) is 21.2 Å². The Balaban J connectivity index is 1.79. The van der Waals surface area contributed by atoms with E-state index in [0.29, 0.717) is 6.61 Å². The lowest BCUT2D eigenvalue weighted by atomic mass is 10.1. The van der Waals surface area contributed by atoms with Gasteiger partial charge in [-0.15, -0.1) is 11.3 Å². The zero-order chi connectivity index (χ0) is 13.9. The molecule has 0 aliphatic heterocycles. The minimum absolute atomic E-state index is 0.580. The number of hydrogen-bond acceptors (Lipinski definition) is 3. The van der Waals surface area contributed by atoms with Crippen LogP contribution in [0.3, 0.4) is 0 Å². The summed E-state index contributed by atoms with van der Waals surface area (Å²) in [5, 5.41) is 3.45. The summed E-state index contributed by atoms with van der Waals surface area (Å²) in [6, 6.07) is 14.2. The summed E-state index contributed by atoms with van der Waals surface area (Å²) in [4.78, 5) is 0. The van der Waals surface area contributed by atoms with Crippen molar-refractivity contribution in [3.05, 3.63) is 59.0 Å². The molecular weight excluding hydrogens is 268 g/mol. The van der Waals surface area contributed by atoms with Crippen molar-refractivity contribution >= 4 is 21.4 Å². The summed E-state index contributed by atoms with van der Waals surface area (Å²) >= 11 is 1.77. The van der Waals surface area contributed by atoms with Crippen molar-refractivity contribution in [3.63, 3.8) is 0 Å². The van der Waals surface area contributed by atoms with E-state index in [2.05, 4.69) is 30.5 Å². The predicted molar refractivity (Wildman–Crippen MR) is 83.9 cm³/mol. The van der Waals surface area contributed by atoms with Crippen molar-refractivity contribution in [2.45, 2.75) is 13.5 Å². The van der Waals surface area contributed by atoms with Crippen molar-refractivity contribution in [2.24, 2.45) is 0 Å². The summed E-state index contributed by atoms with van der Waals surface area (Å²) in [5.74, 6) is 1.64. The predicted octanol–water partition coefficient (Wildman–Crippen LogP) is 4.80. The molecule has 20 heavy (non-hydrogen) atoms. The Kier molecular flexibility index (Phi) is 3.61. The molecule has 2 nitrogen and oxygen atoms in total. The van der Waals surface area contributed by atoms with E-state index >= 15 is 0 Å². The number of methoxy groups -OCH3 is 1. The van der Waals surface area contributed by atoms with Crippen LogP contribution < -0.4 is 9.47 Å². The minimum atomic E-state index is 0.580. The van der Waals surface area contributed by atoms with Gasteiger partial charge in [-0.25, -0.2) is 0 Å². The van der Waals surface area contributed by atoms with Crippen LogP contribution in [0.1, 0.15) is 11.1 Å². The molecule has 0 N–H and O–H groups in total. The van der Waals surface area contributed by atoms with Crippen molar-refractivity contribution in [3.8, 4) is 11.5 Å². The van der Waals surface area contributed by atoms with E-state index in [1.54, 1.807) is 18.4 Å². The Labute approximate surface area is 122 Å². The molecule has 102 valence electrons. The molecule has 0 saturated heterocycles. The van der Waals surface area contributed by atoms with Gasteiger partial charge in [0.05, 0.1) is 7.11 Å². The molecule has 3 heteroatoms. The average molecular weight is 284 g/mol. The molecule has 0 radical (unpaired) electrons. The standard InChI is InChI=1S/C17H16O2S/c1-12-6-7-16-13(11-20-17(16)8-12)10-19-15-5-3-4-14(9-15)18-2/h3-9,11H,10H2,1-2H3. The van der Waals surface area contributed by atoms with E-state index < -0.39 is 0 Å². The maximum Gasteiger partial charge on any atom is 0.123 e. The minimum Gasteiger partial charge on any atom is -0.497 e. The average Bonchev–Trinajstić information content (AvgIpc) is 2.87. The van der Waals surface area contributed by atoms with Gasteiger partial charge in [0.15, 0.2) is 0 Å². The van der Waals surface area contributed by atoms with Crippen molar-refractivity contribution in [1.29, 1.82) is 0 Å². The van der Waals surface area contributed by atoms with Crippen LogP contribution in [0.4, 0.5) is 0 Å². The van der Waals surface area contributed by atoms with Crippen LogP contribution in [0.2, 0.25) is 0 Å². The maximum absolute atomic E-state index is 5.86. The number of rotatable bonds is 4. The molecule has 3 rings (SSSR count). The molecule has 0 bridgehead atoms. The first-order valence-corrected chi connectivity index (χ1v) is 7.38. The Bertz CT molecular complexity index is 731. The van der Waals surface area contributed by atoms with Crippen LogP contribution in [0.5, 0.6) is 11.5 Å². The van der Waals surface area contributed by atoms with E-state index in [9.17, 15) is 0 Å². The lowest BCUT2D eigenvalue weighted by Crippen LogP contribution is -1.94. The number of benzene rings is 2. The number of hydrogen-bond donors (Lipinski definition) is 0. The molecule has 0 atom stereocenters. The van der Waals surface area contributed by atoms with Gasteiger partial charge in [-0.3, -0.25) is 0 Å². The summed E-state index contributed by atoms with van der Waals surface area (Å²) in [6.45, 7) is 2.70. The first-order chi connectivity index (χ1) is 9.76. The van der Waals surface area contributed by atoms with Crippen LogP contribution in [0.25, 0.3) is 10.1 Å². The molecule has 1 aromatic heterocycles. The van der Waals surface area contributed by atoms with Gasteiger partial charge in [-0.1, -0.05) is 18.2 Å². The van der Waals surface area contributed by atoms with Gasteiger partial charge < -0.3 is 9.47 Å². The Morgan fingerprint density at radius 2 is 1.90 bits per heavy atom. The van der Waals surface area contributed by atoms with Crippen LogP contribution in [0.15, 0.2) is 47.8 Å². The van der Waals surface area contributed by atoms with Crippen LogP contribution >= 0.6 is 11.3 Å². The highest BCUT2D eigenvalue weighted by Gasteiger charge is 2.05. The molecule has 0 aliphatic carbocycles. The molecule has 0 saturated carbocycles. The highest BCUT2D eigenvalue weighted by molar-refractivity contribution is 7.17. The van der Waals surface area contributed by atoms with Crippen molar-refractivity contribution in [1.82, 2.24) is 0 Å². The Morgan fingerprint density at radius 1 is 1.05 bits per heavy atom. The van der Waals surface area contributed by atoms with E-state index in [-0.39, 0.29) is 0 Å². The third kappa shape index (κ3) is 2.63. The molecule has 0 aliphatic rings. The number of aryl methyl sites for hydroxylation is 1. The topological polar surface area (TPSA) is 18.5 Å². The molecule has 0 amide bonds. The summed E-state index contributed by atoms with van der Waals surface area (Å²) in [6.07, 6.45) is 0. The second kappa shape index (κ2) is 5.55. The molecule has 1 heterocycles. The Hall–Kier alpha value is -2.00. The van der Waals surface area contributed by atoms with Gasteiger partial charge in [-0.2, -0.15) is 0 Å². The lowest BCUT2D eigenvalue weighted by molar-refractivity contribution is 0.305. The monoisotopic (exact) mass is 284 g/mol. The highest BCUT2D eigenvalue weighted by atomic mass is 32.1. The van der Waals surface area contributed by atoms with Gasteiger partial charge in [0.1, 0.15) is 18.1 Å². The van der Waals surface area contributed by atoms with Crippen LogP contribution in [-0.4, -0.2) is 7.11 Å². The number of thiophene rings is 1. The van der Waals surface area contributed by atoms with E-state index in [4.69, 9.17) is 9.47 Å². The van der Waals surface area contributed by atoms with E-state index in [0.717, 1.165) is 11.5 Å². The Morgan fingerprint density at radius 3 is 2.75 bits per heavy atom. The fourth-order valence-corrected chi connectivity index (χ4v) is 3.20. The summed E-state index contributed by atoms with van der Waals surface area (Å²) < 4.78 is 12.4. The summed E-state index contributed by atoms with van der Waals surface area (Å²) in [5.41, 5.74) is 2.52. The second-order valence-electron chi connectivity index (χ2n) is 4.73. The van der Waals surface area contributed by atoms with Gasteiger partial charge in [0.25, 0.3) is 0 Å².